The Labute approximate surface area is 155 Å². The summed E-state index contributed by atoms with van der Waals surface area (Å²) in [4.78, 5) is 12.2. The van der Waals surface area contributed by atoms with E-state index in [1.165, 1.54) is 6.07 Å². The fourth-order valence-corrected chi connectivity index (χ4v) is 2.72. The third kappa shape index (κ3) is 3.96. The first kappa shape index (κ1) is 18.5. The molecule has 2 N–H and O–H groups in total. The van der Waals surface area contributed by atoms with Crippen molar-refractivity contribution in [1.82, 2.24) is 0 Å². The van der Waals surface area contributed by atoms with E-state index in [0.29, 0.717) is 11.4 Å². The Morgan fingerprint density at radius 1 is 1.04 bits per heavy atom. The zero-order valence-corrected chi connectivity index (χ0v) is 14.5. The van der Waals surface area contributed by atoms with E-state index in [0.717, 1.165) is 28.8 Å². The first-order chi connectivity index (χ1) is 13.0. The molecule has 0 saturated carbocycles. The number of hydrogen-bond donors (Lipinski definition) is 2. The molecule has 3 aromatic carbocycles. The number of aliphatic hydroxyl groups excluding tert-OH is 1. The van der Waals surface area contributed by atoms with Crippen molar-refractivity contribution in [3.8, 4) is 16.9 Å². The third-order valence-corrected chi connectivity index (χ3v) is 4.09. The molecule has 0 bridgehead atoms. The molecule has 0 atom stereocenters. The lowest BCUT2D eigenvalue weighted by Gasteiger charge is -2.12. The second-order valence-electron chi connectivity index (χ2n) is 5.82. The Bertz CT molecular complexity index is 951. The minimum Gasteiger partial charge on any atom is -0.496 e. The van der Waals surface area contributed by atoms with Crippen LogP contribution in [0, 0.1) is 11.6 Å². The number of anilines is 1. The van der Waals surface area contributed by atoms with Crippen LogP contribution in [-0.4, -0.2) is 18.1 Å². The third-order valence-electron chi connectivity index (χ3n) is 4.09. The van der Waals surface area contributed by atoms with Crippen molar-refractivity contribution in [3.63, 3.8) is 0 Å². The van der Waals surface area contributed by atoms with Crippen LogP contribution in [0.15, 0.2) is 60.7 Å². The molecule has 1 amide bonds. The first-order valence-corrected chi connectivity index (χ1v) is 8.17. The zero-order chi connectivity index (χ0) is 19.4. The quantitative estimate of drug-likeness (QED) is 0.701. The van der Waals surface area contributed by atoms with Gasteiger partial charge in [-0.3, -0.25) is 4.79 Å². The normalized spacial score (nSPS) is 10.5. The van der Waals surface area contributed by atoms with E-state index in [9.17, 15) is 18.7 Å². The van der Waals surface area contributed by atoms with Gasteiger partial charge in [0.15, 0.2) is 0 Å². The van der Waals surface area contributed by atoms with Crippen LogP contribution in [0.1, 0.15) is 15.9 Å². The molecule has 3 aromatic rings. The smallest absolute Gasteiger partial charge is 0.261 e. The number of hydrogen-bond acceptors (Lipinski definition) is 3. The van der Waals surface area contributed by atoms with Gasteiger partial charge in [-0.2, -0.15) is 0 Å². The summed E-state index contributed by atoms with van der Waals surface area (Å²) in [5, 5.41) is 11.8. The predicted molar refractivity (Wildman–Crippen MR) is 98.7 cm³/mol. The van der Waals surface area contributed by atoms with E-state index in [-0.39, 0.29) is 6.61 Å². The molecule has 0 aliphatic carbocycles. The van der Waals surface area contributed by atoms with Crippen LogP contribution in [0.5, 0.6) is 5.75 Å². The number of aliphatic hydroxyl groups is 1. The molecular formula is C21H17F2NO3. The van der Waals surface area contributed by atoms with Crippen molar-refractivity contribution in [2.24, 2.45) is 0 Å². The SMILES string of the molecule is COc1ccc(CO)cc1-c1ccc(NC(=O)c2c(F)cccc2F)cc1. The van der Waals surface area contributed by atoms with Gasteiger partial charge in [0, 0.05) is 11.3 Å². The van der Waals surface area contributed by atoms with Gasteiger partial charge in [-0.15, -0.1) is 0 Å². The Hall–Kier alpha value is -3.25. The van der Waals surface area contributed by atoms with E-state index in [1.807, 2.05) is 0 Å². The molecule has 0 radical (unpaired) electrons. The lowest BCUT2D eigenvalue weighted by Crippen LogP contribution is -2.15. The number of nitrogens with one attached hydrogen (secondary N) is 1. The molecule has 0 spiro atoms. The minimum atomic E-state index is -0.922. The molecular weight excluding hydrogens is 352 g/mol. The molecule has 0 saturated heterocycles. The van der Waals surface area contributed by atoms with Crippen LogP contribution in [-0.2, 0) is 6.61 Å². The summed E-state index contributed by atoms with van der Waals surface area (Å²) >= 11 is 0. The van der Waals surface area contributed by atoms with Gasteiger partial charge in [-0.05, 0) is 47.5 Å². The molecule has 3 rings (SSSR count). The number of ether oxygens (including phenoxy) is 1. The van der Waals surface area contributed by atoms with Gasteiger partial charge in [0.1, 0.15) is 22.9 Å². The number of benzene rings is 3. The Morgan fingerprint density at radius 2 is 1.70 bits per heavy atom. The number of amides is 1. The summed E-state index contributed by atoms with van der Waals surface area (Å²) in [5.41, 5.74) is 2.08. The molecule has 0 aromatic heterocycles. The van der Waals surface area contributed by atoms with Crippen molar-refractivity contribution in [2.45, 2.75) is 6.61 Å². The highest BCUT2D eigenvalue weighted by Gasteiger charge is 2.17. The van der Waals surface area contributed by atoms with Crippen LogP contribution in [0.4, 0.5) is 14.5 Å². The van der Waals surface area contributed by atoms with Crippen LogP contribution in [0.3, 0.4) is 0 Å². The molecule has 138 valence electrons. The van der Waals surface area contributed by atoms with Crippen molar-refractivity contribution in [1.29, 1.82) is 0 Å². The Kier molecular flexibility index (Phi) is 5.47. The second kappa shape index (κ2) is 7.97. The summed E-state index contributed by atoms with van der Waals surface area (Å²) in [6, 6.07) is 15.3. The molecule has 0 fully saturated rings. The maximum Gasteiger partial charge on any atom is 0.261 e. The van der Waals surface area contributed by atoms with Gasteiger partial charge in [0.2, 0.25) is 0 Å². The Balaban J connectivity index is 1.85. The van der Waals surface area contributed by atoms with Gasteiger partial charge in [-0.1, -0.05) is 24.3 Å². The van der Waals surface area contributed by atoms with E-state index in [4.69, 9.17) is 4.74 Å². The predicted octanol–water partition coefficient (Wildman–Crippen LogP) is 4.39. The van der Waals surface area contributed by atoms with E-state index < -0.39 is 23.1 Å². The standard InChI is InChI=1S/C21H17F2NO3/c1-27-19-10-5-13(12-25)11-16(19)14-6-8-15(9-7-14)24-21(26)20-17(22)3-2-4-18(20)23/h2-11,25H,12H2,1H3,(H,24,26). The summed E-state index contributed by atoms with van der Waals surface area (Å²) in [7, 11) is 1.55. The van der Waals surface area contributed by atoms with Crippen LogP contribution in [0.2, 0.25) is 0 Å². The largest absolute Gasteiger partial charge is 0.496 e. The first-order valence-electron chi connectivity index (χ1n) is 8.17. The maximum atomic E-state index is 13.7. The number of carbonyl (C=O) groups excluding carboxylic acids is 1. The van der Waals surface area contributed by atoms with Gasteiger partial charge in [0.25, 0.3) is 5.91 Å². The van der Waals surface area contributed by atoms with Crippen LogP contribution in [0.25, 0.3) is 11.1 Å². The highest BCUT2D eigenvalue weighted by molar-refractivity contribution is 6.04. The molecule has 0 unspecified atom stereocenters. The highest BCUT2D eigenvalue weighted by Crippen LogP contribution is 2.32. The van der Waals surface area contributed by atoms with Crippen LogP contribution < -0.4 is 10.1 Å². The average Bonchev–Trinajstić information content (AvgIpc) is 2.68. The summed E-state index contributed by atoms with van der Waals surface area (Å²) in [5.74, 6) is -2.07. The van der Waals surface area contributed by atoms with Gasteiger partial charge in [-0.25, -0.2) is 8.78 Å². The minimum absolute atomic E-state index is 0.0979. The number of halogens is 2. The summed E-state index contributed by atoms with van der Waals surface area (Å²) in [6.45, 7) is -0.0979. The number of carbonyl (C=O) groups is 1. The molecule has 4 nitrogen and oxygen atoms in total. The van der Waals surface area contributed by atoms with Crippen molar-refractivity contribution >= 4 is 11.6 Å². The Morgan fingerprint density at radius 3 is 2.30 bits per heavy atom. The topological polar surface area (TPSA) is 58.6 Å². The monoisotopic (exact) mass is 369 g/mol. The zero-order valence-electron chi connectivity index (χ0n) is 14.5. The van der Waals surface area contributed by atoms with Gasteiger partial charge >= 0.3 is 0 Å². The number of methoxy groups -OCH3 is 1. The molecule has 0 aliphatic rings. The fourth-order valence-electron chi connectivity index (χ4n) is 2.72. The molecule has 27 heavy (non-hydrogen) atoms. The van der Waals surface area contributed by atoms with E-state index in [1.54, 1.807) is 49.6 Å². The fraction of sp³-hybridized carbons (Fsp3) is 0.0952. The lowest BCUT2D eigenvalue weighted by molar-refractivity contribution is 0.101. The van der Waals surface area contributed by atoms with E-state index >= 15 is 0 Å². The maximum absolute atomic E-state index is 13.7. The van der Waals surface area contributed by atoms with Crippen molar-refractivity contribution in [3.05, 3.63) is 83.4 Å². The van der Waals surface area contributed by atoms with Gasteiger partial charge in [0.05, 0.1) is 13.7 Å². The van der Waals surface area contributed by atoms with E-state index in [2.05, 4.69) is 5.32 Å². The second-order valence-corrected chi connectivity index (χ2v) is 5.82. The summed E-state index contributed by atoms with van der Waals surface area (Å²) in [6.07, 6.45) is 0. The average molecular weight is 369 g/mol. The lowest BCUT2D eigenvalue weighted by atomic mass is 10.0. The van der Waals surface area contributed by atoms with Crippen molar-refractivity contribution < 1.29 is 23.4 Å². The van der Waals surface area contributed by atoms with Gasteiger partial charge < -0.3 is 15.2 Å². The van der Waals surface area contributed by atoms with Crippen molar-refractivity contribution in [2.75, 3.05) is 12.4 Å². The molecule has 0 heterocycles. The van der Waals surface area contributed by atoms with Crippen LogP contribution >= 0.6 is 0 Å². The molecule has 0 aliphatic heterocycles. The summed E-state index contributed by atoms with van der Waals surface area (Å²) < 4.78 is 32.8. The highest BCUT2D eigenvalue weighted by atomic mass is 19.1. The molecule has 6 heteroatoms. The number of rotatable bonds is 5.